The minimum Gasteiger partial charge on any atom is -0.379 e. The molecule has 0 saturated carbocycles. The van der Waals surface area contributed by atoms with Gasteiger partial charge in [-0.1, -0.05) is 11.6 Å². The summed E-state index contributed by atoms with van der Waals surface area (Å²) in [6.45, 7) is 2.29. The molecule has 2 rings (SSSR count). The maximum atomic E-state index is 11.9. The summed E-state index contributed by atoms with van der Waals surface area (Å²) >= 11 is 7.56. The summed E-state index contributed by atoms with van der Waals surface area (Å²) in [6.07, 6.45) is 1.00. The van der Waals surface area contributed by atoms with Crippen molar-refractivity contribution in [1.82, 2.24) is 10.2 Å². The second-order valence-electron chi connectivity index (χ2n) is 4.47. The molecule has 4 nitrogen and oxygen atoms in total. The number of thiophene rings is 1. The van der Waals surface area contributed by atoms with Gasteiger partial charge in [-0.15, -0.1) is 11.3 Å². The van der Waals surface area contributed by atoms with Crippen LogP contribution in [0.15, 0.2) is 6.07 Å². The van der Waals surface area contributed by atoms with Crippen LogP contribution in [0.3, 0.4) is 0 Å². The molecule has 1 aromatic rings. The quantitative estimate of drug-likeness (QED) is 0.907. The summed E-state index contributed by atoms with van der Waals surface area (Å²) in [5.41, 5.74) is 0.966. The zero-order valence-corrected chi connectivity index (χ0v) is 12.1. The third-order valence-corrected chi connectivity index (χ3v) is 4.22. The molecule has 1 saturated heterocycles. The predicted octanol–water partition coefficient (Wildman–Crippen LogP) is 2.15. The molecule has 0 aliphatic carbocycles. The van der Waals surface area contributed by atoms with Crippen LogP contribution in [0.5, 0.6) is 0 Å². The fourth-order valence-electron chi connectivity index (χ4n) is 1.86. The molecule has 0 bridgehead atoms. The van der Waals surface area contributed by atoms with E-state index >= 15 is 0 Å². The molecule has 1 N–H and O–H groups in total. The summed E-state index contributed by atoms with van der Waals surface area (Å²) in [4.78, 5) is 14.1. The highest BCUT2D eigenvalue weighted by Gasteiger charge is 2.22. The van der Waals surface area contributed by atoms with E-state index in [1.807, 2.05) is 6.07 Å². The molecule has 0 radical (unpaired) electrons. The Balaban J connectivity index is 2.20. The van der Waals surface area contributed by atoms with Gasteiger partial charge in [0.15, 0.2) is 0 Å². The maximum absolute atomic E-state index is 11.9. The number of ether oxygens (including phenoxy) is 1. The van der Waals surface area contributed by atoms with E-state index < -0.39 is 0 Å². The summed E-state index contributed by atoms with van der Waals surface area (Å²) < 4.78 is 6.19. The Morgan fingerprint density at radius 3 is 3.11 bits per heavy atom. The van der Waals surface area contributed by atoms with Crippen molar-refractivity contribution in [1.29, 1.82) is 0 Å². The summed E-state index contributed by atoms with van der Waals surface area (Å²) in [5.74, 6) is -0.0114. The molecule has 6 heteroatoms. The Morgan fingerprint density at radius 1 is 1.61 bits per heavy atom. The highest BCUT2D eigenvalue weighted by molar-refractivity contribution is 7.18. The first kappa shape index (κ1) is 13.8. The second kappa shape index (κ2) is 6.02. The normalized spacial score (nSPS) is 20.5. The van der Waals surface area contributed by atoms with Crippen molar-refractivity contribution >= 4 is 28.8 Å². The molecule has 0 spiro atoms. The van der Waals surface area contributed by atoms with Gasteiger partial charge in [0.1, 0.15) is 0 Å². The topological polar surface area (TPSA) is 41.6 Å². The first-order valence-electron chi connectivity index (χ1n) is 5.91. The Bertz CT molecular complexity index is 426. The monoisotopic (exact) mass is 288 g/mol. The minimum absolute atomic E-state index is 0.0114. The molecule has 0 aromatic carbocycles. The number of nitrogens with one attached hydrogen (secondary N) is 1. The maximum Gasteiger partial charge on any atom is 0.263 e. The lowest BCUT2D eigenvalue weighted by atomic mass is 10.1. The first-order chi connectivity index (χ1) is 8.59. The lowest BCUT2D eigenvalue weighted by Gasteiger charge is -2.14. The molecule has 1 aromatic heterocycles. The van der Waals surface area contributed by atoms with Crippen LogP contribution in [0.1, 0.15) is 27.7 Å². The number of nitrogens with zero attached hydrogens (tertiary/aromatic N) is 1. The van der Waals surface area contributed by atoms with E-state index in [-0.39, 0.29) is 11.9 Å². The van der Waals surface area contributed by atoms with Gasteiger partial charge in [-0.3, -0.25) is 4.79 Å². The zero-order chi connectivity index (χ0) is 13.1. The Hall–Kier alpha value is -0.620. The van der Waals surface area contributed by atoms with Crippen molar-refractivity contribution in [3.8, 4) is 0 Å². The second-order valence-corrected chi connectivity index (χ2v) is 6.13. The van der Waals surface area contributed by atoms with Gasteiger partial charge in [0.05, 0.1) is 21.9 Å². The van der Waals surface area contributed by atoms with Gasteiger partial charge in [0.2, 0.25) is 0 Å². The fraction of sp³-hybridized carbons (Fsp3) is 0.583. The van der Waals surface area contributed by atoms with Crippen LogP contribution < -0.4 is 5.32 Å². The van der Waals surface area contributed by atoms with Gasteiger partial charge in [-0.25, -0.2) is 0 Å². The molecule has 18 heavy (non-hydrogen) atoms. The van der Waals surface area contributed by atoms with Crippen LogP contribution in [0.25, 0.3) is 0 Å². The molecular formula is C12H17ClN2O2S. The highest BCUT2D eigenvalue weighted by Crippen LogP contribution is 2.33. The number of rotatable bonds is 2. The third-order valence-electron chi connectivity index (χ3n) is 2.85. The van der Waals surface area contributed by atoms with Crippen LogP contribution in [0, 0.1) is 0 Å². The Labute approximate surface area is 116 Å². The molecule has 1 unspecified atom stereocenters. The van der Waals surface area contributed by atoms with Crippen molar-refractivity contribution in [2.24, 2.45) is 0 Å². The van der Waals surface area contributed by atoms with Crippen molar-refractivity contribution in [2.75, 3.05) is 33.9 Å². The summed E-state index contributed by atoms with van der Waals surface area (Å²) in [5, 5.41) is 3.39. The minimum atomic E-state index is -0.0114. The van der Waals surface area contributed by atoms with Gasteiger partial charge in [0.25, 0.3) is 5.91 Å². The largest absolute Gasteiger partial charge is 0.379 e. The number of amides is 1. The van der Waals surface area contributed by atoms with Gasteiger partial charge >= 0.3 is 0 Å². The van der Waals surface area contributed by atoms with Crippen molar-refractivity contribution < 1.29 is 9.53 Å². The molecule has 1 aliphatic heterocycles. The zero-order valence-electron chi connectivity index (χ0n) is 10.5. The predicted molar refractivity (Wildman–Crippen MR) is 73.5 cm³/mol. The van der Waals surface area contributed by atoms with E-state index in [1.54, 1.807) is 19.0 Å². The number of hydrogen-bond acceptors (Lipinski definition) is 4. The van der Waals surface area contributed by atoms with Crippen LogP contribution in [0.2, 0.25) is 4.34 Å². The molecular weight excluding hydrogens is 272 g/mol. The highest BCUT2D eigenvalue weighted by atomic mass is 35.5. The Kier molecular flexibility index (Phi) is 4.61. The number of hydrogen-bond donors (Lipinski definition) is 1. The standard InChI is InChI=1S/C12H17ClN2O2S/c1-15(2)12(16)10-6-8(11(13)18-10)9-7-17-5-3-4-14-9/h6,9,14H,3-5,7H2,1-2H3. The first-order valence-corrected chi connectivity index (χ1v) is 7.11. The number of halogens is 1. The number of carbonyl (C=O) groups excluding carboxylic acids is 1. The van der Waals surface area contributed by atoms with Crippen molar-refractivity contribution in [3.05, 3.63) is 20.8 Å². The smallest absolute Gasteiger partial charge is 0.263 e. The lowest BCUT2D eigenvalue weighted by Crippen LogP contribution is -2.23. The molecule has 1 fully saturated rings. The summed E-state index contributed by atoms with van der Waals surface area (Å²) in [7, 11) is 3.48. The van der Waals surface area contributed by atoms with E-state index in [1.165, 1.54) is 11.3 Å². The lowest BCUT2D eigenvalue weighted by molar-refractivity contribution is 0.0832. The van der Waals surface area contributed by atoms with Crippen molar-refractivity contribution in [2.45, 2.75) is 12.5 Å². The molecule has 1 aliphatic rings. The number of carbonyl (C=O) groups is 1. The molecule has 2 heterocycles. The summed E-state index contributed by atoms with van der Waals surface area (Å²) in [6, 6.07) is 1.96. The van der Waals surface area contributed by atoms with Gasteiger partial charge in [-0.05, 0) is 19.0 Å². The van der Waals surface area contributed by atoms with Crippen LogP contribution in [-0.2, 0) is 4.74 Å². The fourth-order valence-corrected chi connectivity index (χ4v) is 3.26. The van der Waals surface area contributed by atoms with Crippen molar-refractivity contribution in [3.63, 3.8) is 0 Å². The molecule has 100 valence electrons. The van der Waals surface area contributed by atoms with E-state index in [9.17, 15) is 4.79 Å². The Morgan fingerprint density at radius 2 is 2.39 bits per heavy atom. The van der Waals surface area contributed by atoms with Crippen LogP contribution in [-0.4, -0.2) is 44.7 Å². The van der Waals surface area contributed by atoms with Gasteiger partial charge in [0, 0.05) is 26.3 Å². The third kappa shape index (κ3) is 3.03. The van der Waals surface area contributed by atoms with E-state index in [4.69, 9.17) is 16.3 Å². The van der Waals surface area contributed by atoms with Crippen LogP contribution >= 0.6 is 22.9 Å². The van der Waals surface area contributed by atoms with Gasteiger partial charge in [-0.2, -0.15) is 0 Å². The van der Waals surface area contributed by atoms with Gasteiger partial charge < -0.3 is 15.0 Å². The average Bonchev–Trinajstić information content (AvgIpc) is 2.56. The molecule has 1 atom stereocenters. The van der Waals surface area contributed by atoms with Crippen LogP contribution in [0.4, 0.5) is 0 Å². The average molecular weight is 289 g/mol. The SMILES string of the molecule is CN(C)C(=O)c1cc(C2COCCCN2)c(Cl)s1. The molecule has 1 amide bonds. The van der Waals surface area contributed by atoms with E-state index in [0.29, 0.717) is 15.8 Å². The van der Waals surface area contributed by atoms with E-state index in [2.05, 4.69) is 5.32 Å². The van der Waals surface area contributed by atoms with E-state index in [0.717, 1.165) is 25.1 Å².